The first-order valence-corrected chi connectivity index (χ1v) is 17.5. The lowest BCUT2D eigenvalue weighted by Gasteiger charge is -2.27. The maximum atomic E-state index is 12.5. The number of amides is 4. The Morgan fingerprint density at radius 1 is 1.10 bits per heavy atom. The van der Waals surface area contributed by atoms with Crippen LogP contribution in [-0.4, -0.2) is 82.0 Å². The number of nitrogens with zero attached hydrogens (tertiary/aromatic N) is 2. The van der Waals surface area contributed by atoms with Crippen molar-refractivity contribution in [3.8, 4) is 0 Å². The van der Waals surface area contributed by atoms with Gasteiger partial charge in [-0.25, -0.2) is 0 Å². The summed E-state index contributed by atoms with van der Waals surface area (Å²) < 4.78 is 5.90. The zero-order chi connectivity index (χ0) is 22.6. The van der Waals surface area contributed by atoms with Gasteiger partial charge in [0.2, 0.25) is 28.5 Å². The second-order valence-corrected chi connectivity index (χ2v) is 17.9. The second kappa shape index (κ2) is 12.2. The van der Waals surface area contributed by atoms with Gasteiger partial charge in [-0.1, -0.05) is 27.5 Å². The largest absolute Gasteiger partial charge is 0.376 e. The molecular formula is C17H28B2I2N2O5P2. The molecule has 0 aromatic heterocycles. The van der Waals surface area contributed by atoms with E-state index in [9.17, 15) is 19.2 Å². The molecule has 0 saturated carbocycles. The summed E-state index contributed by atoms with van der Waals surface area (Å²) >= 11 is 4.51. The molecule has 2 aliphatic rings. The third-order valence-corrected chi connectivity index (χ3v) is 11.3. The molecule has 166 valence electrons. The van der Waals surface area contributed by atoms with Gasteiger partial charge in [-0.2, -0.15) is 0 Å². The van der Waals surface area contributed by atoms with Crippen molar-refractivity contribution in [1.82, 2.24) is 9.80 Å². The summed E-state index contributed by atoms with van der Waals surface area (Å²) in [6, 6.07) is -0.439. The molecule has 0 aromatic carbocycles. The Bertz CT molecular complexity index is 691. The molecule has 2 fully saturated rings. The van der Waals surface area contributed by atoms with Crippen LogP contribution in [0.4, 0.5) is 0 Å². The highest BCUT2D eigenvalue weighted by Gasteiger charge is 2.43. The van der Waals surface area contributed by atoms with E-state index in [0.29, 0.717) is 40.7 Å². The van der Waals surface area contributed by atoms with Gasteiger partial charge in [-0.3, -0.25) is 29.0 Å². The van der Waals surface area contributed by atoms with Gasteiger partial charge in [0.25, 0.3) is 0 Å². The molecule has 0 N–H and O–H groups in total. The topological polar surface area (TPSA) is 84.0 Å². The van der Waals surface area contributed by atoms with E-state index in [4.69, 9.17) is 4.74 Å². The predicted octanol–water partition coefficient (Wildman–Crippen LogP) is 1.96. The molecule has 7 unspecified atom stereocenters. The summed E-state index contributed by atoms with van der Waals surface area (Å²) in [7, 11) is 2.51. The lowest BCUT2D eigenvalue weighted by atomic mass is 10.1. The van der Waals surface area contributed by atoms with Crippen molar-refractivity contribution in [2.24, 2.45) is 0 Å². The maximum Gasteiger partial charge on any atom is 0.237 e. The van der Waals surface area contributed by atoms with Crippen LogP contribution in [0.2, 0.25) is 0 Å². The molecule has 0 bridgehead atoms. The molecule has 0 aliphatic carbocycles. The first-order chi connectivity index (χ1) is 14.1. The van der Waals surface area contributed by atoms with E-state index in [-0.39, 0.29) is 53.1 Å². The van der Waals surface area contributed by atoms with E-state index < -0.39 is 5.44 Å². The standard InChI is InChI=1S/C17H28B2I2N2O5P2/c1-9(22-14(24)6-12(16(22)26)29-19-20)4-5-11(3)28-8-10(2)23-15(25)7-13(17(23)27)30(18)21/h9-13,19,29H,4-8,18H2,1-3H3. The molecule has 0 radical (unpaired) electrons. The SMILES string of the molecule is BP(I)C1CC(=O)N(C(C)COC(C)CCC(C)N2C(=O)CC(PBI)C2=O)C1=O. The van der Waals surface area contributed by atoms with Gasteiger partial charge in [-0.05, 0) is 33.6 Å². The average molecular weight is 678 g/mol. The Labute approximate surface area is 209 Å². The van der Waals surface area contributed by atoms with Crippen molar-refractivity contribution in [1.29, 1.82) is 0 Å². The molecule has 0 spiro atoms. The number of imide groups is 2. The lowest BCUT2D eigenvalue weighted by Crippen LogP contribution is -2.42. The zero-order valence-electron chi connectivity index (χ0n) is 17.8. The molecule has 0 aromatic rings. The minimum Gasteiger partial charge on any atom is -0.376 e. The van der Waals surface area contributed by atoms with E-state index in [1.165, 1.54) is 9.80 Å². The Morgan fingerprint density at radius 3 is 2.27 bits per heavy atom. The molecule has 2 saturated heterocycles. The number of hydrogen-bond acceptors (Lipinski definition) is 5. The second-order valence-electron chi connectivity index (χ2n) is 7.96. The molecule has 2 aliphatic heterocycles. The van der Waals surface area contributed by atoms with Crippen LogP contribution >= 0.6 is 58.3 Å². The Hall–Kier alpha value is 0.690. The summed E-state index contributed by atoms with van der Waals surface area (Å²) in [6.45, 7) is 5.99. The predicted molar refractivity (Wildman–Crippen MR) is 143 cm³/mol. The minimum absolute atomic E-state index is 0.0311. The molecule has 2 rings (SSSR count). The van der Waals surface area contributed by atoms with E-state index in [2.05, 4.69) is 44.4 Å². The van der Waals surface area contributed by atoms with Gasteiger partial charge in [-0.15, -0.1) is 30.8 Å². The zero-order valence-corrected chi connectivity index (χ0v) is 24.0. The smallest absolute Gasteiger partial charge is 0.237 e. The molecule has 7 nitrogen and oxygen atoms in total. The van der Waals surface area contributed by atoms with E-state index in [0.717, 1.165) is 4.86 Å². The first-order valence-electron chi connectivity index (χ1n) is 10.1. The summed E-state index contributed by atoms with van der Waals surface area (Å²) in [5, 5.41) is 0. The van der Waals surface area contributed by atoms with Crippen LogP contribution in [-0.2, 0) is 23.9 Å². The van der Waals surface area contributed by atoms with Crippen molar-refractivity contribution in [3.63, 3.8) is 0 Å². The van der Waals surface area contributed by atoms with E-state index in [1.54, 1.807) is 0 Å². The van der Waals surface area contributed by atoms with Crippen molar-refractivity contribution in [2.75, 3.05) is 6.61 Å². The third kappa shape index (κ3) is 6.61. The quantitative estimate of drug-likeness (QED) is 0.145. The van der Waals surface area contributed by atoms with Gasteiger partial charge in [0.15, 0.2) is 0 Å². The van der Waals surface area contributed by atoms with Gasteiger partial charge >= 0.3 is 0 Å². The highest BCUT2D eigenvalue weighted by molar-refractivity contribution is 14.2. The number of carbonyl (C=O) groups excluding carboxylic acids is 4. The van der Waals surface area contributed by atoms with Crippen LogP contribution in [0.3, 0.4) is 0 Å². The van der Waals surface area contributed by atoms with Crippen LogP contribution in [0, 0.1) is 0 Å². The van der Waals surface area contributed by atoms with Crippen molar-refractivity contribution in [2.45, 2.75) is 76.0 Å². The van der Waals surface area contributed by atoms with Crippen molar-refractivity contribution in [3.05, 3.63) is 0 Å². The Kier molecular flexibility index (Phi) is 11.0. The highest BCUT2D eigenvalue weighted by atomic mass is 127. The first kappa shape index (κ1) is 26.9. The van der Waals surface area contributed by atoms with Crippen LogP contribution in [0.25, 0.3) is 0 Å². The Balaban J connectivity index is 1.79. The molecule has 30 heavy (non-hydrogen) atoms. The molecule has 7 atom stereocenters. The molecular weight excluding hydrogens is 650 g/mol. The molecule has 13 heteroatoms. The number of likely N-dealkylation sites (tertiary alicyclic amines) is 2. The number of rotatable bonds is 11. The van der Waals surface area contributed by atoms with E-state index in [1.807, 2.05) is 28.3 Å². The van der Waals surface area contributed by atoms with Crippen molar-refractivity contribution >= 4 is 94.4 Å². The normalized spacial score (nSPS) is 26.7. The monoisotopic (exact) mass is 678 g/mol. The molecule has 4 amide bonds. The average Bonchev–Trinajstić information content (AvgIpc) is 3.13. The van der Waals surface area contributed by atoms with Crippen LogP contribution < -0.4 is 0 Å². The van der Waals surface area contributed by atoms with Crippen LogP contribution in [0.1, 0.15) is 46.5 Å². The maximum absolute atomic E-state index is 12.5. The number of carbonyl (C=O) groups is 4. The summed E-state index contributed by atoms with van der Waals surface area (Å²) in [6.07, 6.45) is 1.92. The van der Waals surface area contributed by atoms with Gasteiger partial charge in [0.05, 0.1) is 30.1 Å². The minimum atomic E-state index is -0.514. The summed E-state index contributed by atoms with van der Waals surface area (Å²) in [4.78, 5) is 53.3. The number of ether oxygens (including phenoxy) is 1. The lowest BCUT2D eigenvalue weighted by molar-refractivity contribution is -0.143. The fraction of sp³-hybridized carbons (Fsp3) is 0.765. The number of hydrogen-bond donors (Lipinski definition) is 0. The van der Waals surface area contributed by atoms with Crippen LogP contribution in [0.5, 0.6) is 0 Å². The van der Waals surface area contributed by atoms with E-state index >= 15 is 0 Å². The van der Waals surface area contributed by atoms with Crippen LogP contribution in [0.15, 0.2) is 0 Å². The summed E-state index contributed by atoms with van der Waals surface area (Å²) in [5.41, 5.74) is -0.835. The van der Waals surface area contributed by atoms with Gasteiger partial charge < -0.3 is 4.74 Å². The number of halogens is 2. The fourth-order valence-electron chi connectivity index (χ4n) is 3.81. The highest BCUT2D eigenvalue weighted by Crippen LogP contribution is 2.49. The summed E-state index contributed by atoms with van der Waals surface area (Å²) in [5.74, 6) is -0.283. The Morgan fingerprint density at radius 2 is 1.70 bits per heavy atom. The van der Waals surface area contributed by atoms with Crippen molar-refractivity contribution < 1.29 is 23.9 Å². The third-order valence-electron chi connectivity index (χ3n) is 5.59. The fourth-order valence-corrected chi connectivity index (χ4v) is 8.36. The van der Waals surface area contributed by atoms with Gasteiger partial charge in [0, 0.05) is 18.9 Å². The molecule has 2 heterocycles. The van der Waals surface area contributed by atoms with Gasteiger partial charge in [0.1, 0.15) is 7.57 Å².